The fourth-order valence-corrected chi connectivity index (χ4v) is 2.24. The van der Waals surface area contributed by atoms with Crippen LogP contribution in [0.3, 0.4) is 0 Å². The Morgan fingerprint density at radius 2 is 1.68 bits per heavy atom. The van der Waals surface area contributed by atoms with E-state index in [2.05, 4.69) is 52.1 Å². The molecule has 19 heavy (non-hydrogen) atoms. The van der Waals surface area contributed by atoms with E-state index in [-0.39, 0.29) is 0 Å². The van der Waals surface area contributed by atoms with E-state index in [0.717, 1.165) is 22.3 Å². The molecule has 0 saturated heterocycles. The van der Waals surface area contributed by atoms with Crippen molar-refractivity contribution in [3.63, 3.8) is 0 Å². The van der Waals surface area contributed by atoms with Crippen LogP contribution in [0.15, 0.2) is 53.0 Å². The number of anilines is 1. The van der Waals surface area contributed by atoms with Crippen LogP contribution in [0, 0.1) is 0 Å². The zero-order chi connectivity index (χ0) is 13.8. The molecule has 4 heteroatoms. The monoisotopic (exact) mass is 334 g/mol. The number of nitrogens with zero attached hydrogens (tertiary/aromatic N) is 1. The van der Waals surface area contributed by atoms with E-state index in [1.807, 2.05) is 24.3 Å². The Morgan fingerprint density at radius 1 is 1.11 bits per heavy atom. The minimum absolute atomic E-state index is 0.433. The summed E-state index contributed by atoms with van der Waals surface area (Å²) in [5, 5.41) is 0. The van der Waals surface area contributed by atoms with Gasteiger partial charge in [-0.2, -0.15) is 0 Å². The molecule has 2 aromatic rings. The van der Waals surface area contributed by atoms with E-state index in [1.54, 1.807) is 0 Å². The summed E-state index contributed by atoms with van der Waals surface area (Å²) >= 11 is 8.39. The first-order chi connectivity index (χ1) is 9.06. The van der Waals surface area contributed by atoms with Gasteiger partial charge in [0.2, 0.25) is 0 Å². The first-order valence-corrected chi connectivity index (χ1v) is 7.12. The van der Waals surface area contributed by atoms with Crippen LogP contribution in [0.1, 0.15) is 11.1 Å². The molecular formula is C15H15BrN2S. The maximum absolute atomic E-state index is 5.59. The highest BCUT2D eigenvalue weighted by Crippen LogP contribution is 2.18. The molecule has 2 N–H and O–H groups in total. The third kappa shape index (κ3) is 3.78. The van der Waals surface area contributed by atoms with Gasteiger partial charge in [-0.15, -0.1) is 0 Å². The predicted molar refractivity (Wildman–Crippen MR) is 88.6 cm³/mol. The number of benzene rings is 2. The van der Waals surface area contributed by atoms with Crippen LogP contribution in [-0.2, 0) is 6.54 Å². The Hall–Kier alpha value is -1.39. The summed E-state index contributed by atoms with van der Waals surface area (Å²) in [5.74, 6) is 0. The molecule has 0 unspecified atom stereocenters. The molecule has 0 aliphatic rings. The highest BCUT2D eigenvalue weighted by Gasteiger charge is 2.03. The van der Waals surface area contributed by atoms with Crippen molar-refractivity contribution >= 4 is 38.8 Å². The summed E-state index contributed by atoms with van der Waals surface area (Å²) in [7, 11) is 2.07. The summed E-state index contributed by atoms with van der Waals surface area (Å²) in [5.41, 5.74) is 8.90. The number of hydrogen-bond donors (Lipinski definition) is 1. The molecule has 0 bridgehead atoms. The summed E-state index contributed by atoms with van der Waals surface area (Å²) < 4.78 is 1.10. The molecule has 0 aromatic heterocycles. The van der Waals surface area contributed by atoms with Crippen LogP contribution in [0.25, 0.3) is 0 Å². The molecule has 0 radical (unpaired) electrons. The van der Waals surface area contributed by atoms with Gasteiger partial charge in [-0.1, -0.05) is 40.3 Å². The van der Waals surface area contributed by atoms with E-state index in [1.165, 1.54) is 5.56 Å². The van der Waals surface area contributed by atoms with Crippen molar-refractivity contribution in [2.24, 2.45) is 5.73 Å². The molecule has 0 spiro atoms. The van der Waals surface area contributed by atoms with E-state index in [9.17, 15) is 0 Å². The minimum atomic E-state index is 0.433. The van der Waals surface area contributed by atoms with Gasteiger partial charge in [0, 0.05) is 29.3 Å². The van der Waals surface area contributed by atoms with Crippen LogP contribution < -0.4 is 10.6 Å². The summed E-state index contributed by atoms with van der Waals surface area (Å²) in [6, 6.07) is 16.3. The lowest BCUT2D eigenvalue weighted by Crippen LogP contribution is -2.16. The number of hydrogen-bond acceptors (Lipinski definition) is 2. The first-order valence-electron chi connectivity index (χ1n) is 5.92. The zero-order valence-electron chi connectivity index (χ0n) is 10.6. The van der Waals surface area contributed by atoms with Crippen molar-refractivity contribution < 1.29 is 0 Å². The lowest BCUT2D eigenvalue weighted by atomic mass is 10.1. The van der Waals surface area contributed by atoms with Crippen molar-refractivity contribution in [1.82, 2.24) is 0 Å². The zero-order valence-corrected chi connectivity index (χ0v) is 13.0. The van der Waals surface area contributed by atoms with Crippen LogP contribution in [-0.4, -0.2) is 12.0 Å². The van der Waals surface area contributed by atoms with Gasteiger partial charge >= 0.3 is 0 Å². The van der Waals surface area contributed by atoms with E-state index in [4.69, 9.17) is 18.0 Å². The third-order valence-corrected chi connectivity index (χ3v) is 3.69. The van der Waals surface area contributed by atoms with Gasteiger partial charge in [0.25, 0.3) is 0 Å². The summed E-state index contributed by atoms with van der Waals surface area (Å²) in [6.45, 7) is 0.861. The molecule has 2 rings (SSSR count). The molecule has 98 valence electrons. The molecule has 0 amide bonds. The van der Waals surface area contributed by atoms with Gasteiger partial charge in [0.15, 0.2) is 0 Å². The molecule has 0 fully saturated rings. The Labute approximate surface area is 127 Å². The Balaban J connectivity index is 2.09. The second-order valence-electron chi connectivity index (χ2n) is 4.39. The summed E-state index contributed by atoms with van der Waals surface area (Å²) in [4.78, 5) is 2.62. The largest absolute Gasteiger partial charge is 0.389 e. The number of halogens is 1. The number of thiocarbonyl (C=S) groups is 1. The third-order valence-electron chi connectivity index (χ3n) is 2.93. The highest BCUT2D eigenvalue weighted by molar-refractivity contribution is 9.10. The van der Waals surface area contributed by atoms with Crippen molar-refractivity contribution in [2.75, 3.05) is 11.9 Å². The van der Waals surface area contributed by atoms with Crippen LogP contribution >= 0.6 is 28.1 Å². The lowest BCUT2D eigenvalue weighted by Gasteiger charge is -2.19. The fourth-order valence-electron chi connectivity index (χ4n) is 1.84. The van der Waals surface area contributed by atoms with Crippen molar-refractivity contribution in [2.45, 2.75) is 6.54 Å². The number of nitrogens with two attached hydrogens (primary N) is 1. The standard InChI is InChI=1S/C15H15BrN2S/c1-18(10-11-2-6-13(16)7-3-11)14-8-4-12(5-9-14)15(17)19/h2-9H,10H2,1H3,(H2,17,19). The quantitative estimate of drug-likeness (QED) is 0.864. The van der Waals surface area contributed by atoms with Crippen LogP contribution in [0.2, 0.25) is 0 Å². The Morgan fingerprint density at radius 3 is 2.21 bits per heavy atom. The lowest BCUT2D eigenvalue weighted by molar-refractivity contribution is 0.923. The van der Waals surface area contributed by atoms with Gasteiger partial charge in [-0.05, 0) is 42.0 Å². The average Bonchev–Trinajstić information content (AvgIpc) is 2.41. The smallest absolute Gasteiger partial charge is 0.103 e. The van der Waals surface area contributed by atoms with Gasteiger partial charge < -0.3 is 10.6 Å². The Kier molecular flexibility index (Phi) is 4.56. The Bertz CT molecular complexity index is 564. The second kappa shape index (κ2) is 6.17. The topological polar surface area (TPSA) is 29.3 Å². The van der Waals surface area contributed by atoms with Crippen LogP contribution in [0.5, 0.6) is 0 Å². The average molecular weight is 335 g/mol. The van der Waals surface area contributed by atoms with E-state index < -0.39 is 0 Å². The molecule has 0 aliphatic carbocycles. The van der Waals surface area contributed by atoms with Crippen molar-refractivity contribution in [3.05, 3.63) is 64.1 Å². The highest BCUT2D eigenvalue weighted by atomic mass is 79.9. The van der Waals surface area contributed by atoms with Gasteiger partial charge in [0.05, 0.1) is 0 Å². The van der Waals surface area contributed by atoms with Gasteiger partial charge in [0.1, 0.15) is 4.99 Å². The fraction of sp³-hybridized carbons (Fsp3) is 0.133. The molecule has 2 nitrogen and oxygen atoms in total. The normalized spacial score (nSPS) is 10.2. The van der Waals surface area contributed by atoms with E-state index in [0.29, 0.717) is 4.99 Å². The predicted octanol–water partition coefficient (Wildman–Crippen LogP) is 3.72. The van der Waals surface area contributed by atoms with Crippen LogP contribution in [0.4, 0.5) is 5.69 Å². The van der Waals surface area contributed by atoms with Crippen molar-refractivity contribution in [3.8, 4) is 0 Å². The molecular weight excluding hydrogens is 320 g/mol. The summed E-state index contributed by atoms with van der Waals surface area (Å²) in [6.07, 6.45) is 0. The van der Waals surface area contributed by atoms with E-state index >= 15 is 0 Å². The van der Waals surface area contributed by atoms with Crippen molar-refractivity contribution in [1.29, 1.82) is 0 Å². The SMILES string of the molecule is CN(Cc1ccc(Br)cc1)c1ccc(C(N)=S)cc1. The molecule has 0 heterocycles. The molecule has 0 aliphatic heterocycles. The number of rotatable bonds is 4. The van der Waals surface area contributed by atoms with Gasteiger partial charge in [-0.25, -0.2) is 0 Å². The molecule has 0 saturated carbocycles. The maximum Gasteiger partial charge on any atom is 0.103 e. The second-order valence-corrected chi connectivity index (χ2v) is 5.75. The van der Waals surface area contributed by atoms with Gasteiger partial charge in [-0.3, -0.25) is 0 Å². The first kappa shape index (κ1) is 14.0. The molecule has 2 aromatic carbocycles. The molecule has 0 atom stereocenters. The maximum atomic E-state index is 5.59. The minimum Gasteiger partial charge on any atom is -0.389 e.